The molecule has 1 N–H and O–H groups in total. The van der Waals surface area contributed by atoms with E-state index in [0.29, 0.717) is 30.1 Å². The first-order valence-electron chi connectivity index (χ1n) is 8.83. The summed E-state index contributed by atoms with van der Waals surface area (Å²) in [7, 11) is 0. The molecule has 0 spiro atoms. The van der Waals surface area contributed by atoms with Crippen molar-refractivity contribution in [3.05, 3.63) is 71.8 Å². The van der Waals surface area contributed by atoms with Gasteiger partial charge in [0.1, 0.15) is 23.8 Å². The molecule has 0 aliphatic heterocycles. The quantitative estimate of drug-likeness (QED) is 0.724. The van der Waals surface area contributed by atoms with Gasteiger partial charge in [-0.3, -0.25) is 4.79 Å². The Morgan fingerprint density at radius 3 is 2.56 bits per heavy atom. The van der Waals surface area contributed by atoms with E-state index in [1.54, 1.807) is 24.5 Å². The Morgan fingerprint density at radius 2 is 1.85 bits per heavy atom. The van der Waals surface area contributed by atoms with E-state index in [2.05, 4.69) is 15.5 Å². The van der Waals surface area contributed by atoms with E-state index in [0.717, 1.165) is 18.7 Å². The van der Waals surface area contributed by atoms with Gasteiger partial charge in [-0.2, -0.15) is 0 Å². The Bertz CT molecular complexity index is 964. The molecule has 138 valence electrons. The second-order valence-electron chi connectivity index (χ2n) is 6.61. The largest absolute Gasteiger partial charge is 0.350 e. The highest BCUT2D eigenvalue weighted by Gasteiger charge is 2.28. The lowest BCUT2D eigenvalue weighted by Gasteiger charge is -2.09. The van der Waals surface area contributed by atoms with Gasteiger partial charge in [-0.1, -0.05) is 18.2 Å². The monoisotopic (exact) mass is 368 g/mol. The molecular weight excluding hydrogens is 350 g/mol. The number of rotatable bonds is 6. The number of aromatic nitrogens is 3. The predicted molar refractivity (Wildman–Crippen MR) is 96.1 cm³/mol. The molecule has 0 saturated heterocycles. The number of hydrogen-bond donors (Lipinski definition) is 1. The van der Waals surface area contributed by atoms with Crippen molar-refractivity contribution in [1.29, 1.82) is 0 Å². The molecule has 3 aromatic rings. The minimum atomic E-state index is -0.614. The average Bonchev–Trinajstić information content (AvgIpc) is 3.41. The average molecular weight is 368 g/mol. The molecule has 7 heteroatoms. The number of nitrogens with zero attached hydrogens (tertiary/aromatic N) is 3. The number of carbonyl (C=O) groups excluding carboxylic acids is 1. The second-order valence-corrected chi connectivity index (χ2v) is 6.61. The van der Waals surface area contributed by atoms with Gasteiger partial charge < -0.3 is 9.88 Å². The van der Waals surface area contributed by atoms with Crippen LogP contribution in [0.3, 0.4) is 0 Å². The highest BCUT2D eigenvalue weighted by Crippen LogP contribution is 2.38. The summed E-state index contributed by atoms with van der Waals surface area (Å²) in [5.41, 5.74) is 1.25. The number of amides is 1. The summed E-state index contributed by atoms with van der Waals surface area (Å²) in [5, 5.41) is 10.7. The number of benzene rings is 2. The lowest BCUT2D eigenvalue weighted by atomic mass is 10.0. The zero-order chi connectivity index (χ0) is 18.8. The Hall–Kier alpha value is -3.09. The van der Waals surface area contributed by atoms with Crippen molar-refractivity contribution in [3.8, 4) is 11.1 Å². The zero-order valence-corrected chi connectivity index (χ0v) is 14.5. The molecule has 1 aliphatic carbocycles. The van der Waals surface area contributed by atoms with Gasteiger partial charge in [0.15, 0.2) is 0 Å². The number of halogens is 2. The summed E-state index contributed by atoms with van der Waals surface area (Å²) in [4.78, 5) is 12.3. The standard InChI is InChI=1S/C20H18F2N4O/c21-16-6-3-13(4-7-16)15-5-8-17(18(22)11-15)20(27)23-9-10-26-12-24-25-19(26)14-1-2-14/h3-8,11-12,14H,1-2,9-10H2,(H,23,27). The van der Waals surface area contributed by atoms with Crippen molar-refractivity contribution in [2.24, 2.45) is 0 Å². The predicted octanol–water partition coefficient (Wildman–Crippen LogP) is 3.53. The van der Waals surface area contributed by atoms with Crippen LogP contribution in [0.2, 0.25) is 0 Å². The SMILES string of the molecule is O=C(NCCn1cnnc1C1CC1)c1ccc(-c2ccc(F)cc2)cc1F. The van der Waals surface area contributed by atoms with Gasteiger partial charge in [-0.05, 0) is 48.2 Å². The topological polar surface area (TPSA) is 59.8 Å². The van der Waals surface area contributed by atoms with Crippen molar-refractivity contribution in [2.45, 2.75) is 25.3 Å². The summed E-state index contributed by atoms with van der Waals surface area (Å²) < 4.78 is 29.3. The Morgan fingerprint density at radius 1 is 1.11 bits per heavy atom. The van der Waals surface area contributed by atoms with Crippen LogP contribution in [0.5, 0.6) is 0 Å². The zero-order valence-electron chi connectivity index (χ0n) is 14.5. The van der Waals surface area contributed by atoms with Crippen LogP contribution < -0.4 is 5.32 Å². The fourth-order valence-corrected chi connectivity index (χ4v) is 3.00. The molecule has 1 heterocycles. The molecule has 0 atom stereocenters. The third-order valence-corrected chi connectivity index (χ3v) is 4.62. The fraction of sp³-hybridized carbons (Fsp3) is 0.250. The molecule has 2 aromatic carbocycles. The van der Waals surface area contributed by atoms with Crippen molar-refractivity contribution < 1.29 is 13.6 Å². The molecule has 0 radical (unpaired) electrons. The van der Waals surface area contributed by atoms with Crippen molar-refractivity contribution in [3.63, 3.8) is 0 Å². The van der Waals surface area contributed by atoms with Gasteiger partial charge >= 0.3 is 0 Å². The van der Waals surface area contributed by atoms with E-state index >= 15 is 0 Å². The van der Waals surface area contributed by atoms with Gasteiger partial charge in [-0.25, -0.2) is 8.78 Å². The maximum atomic E-state index is 14.4. The fourth-order valence-electron chi connectivity index (χ4n) is 3.00. The molecule has 1 aliphatic rings. The molecule has 1 aromatic heterocycles. The first kappa shape index (κ1) is 17.3. The lowest BCUT2D eigenvalue weighted by Crippen LogP contribution is -2.28. The van der Waals surface area contributed by atoms with Crippen LogP contribution in [0.4, 0.5) is 8.78 Å². The van der Waals surface area contributed by atoms with Crippen molar-refractivity contribution >= 4 is 5.91 Å². The van der Waals surface area contributed by atoms with Crippen LogP contribution in [0.15, 0.2) is 48.8 Å². The van der Waals surface area contributed by atoms with Crippen LogP contribution >= 0.6 is 0 Å². The Balaban J connectivity index is 1.39. The van der Waals surface area contributed by atoms with Gasteiger partial charge in [0.2, 0.25) is 0 Å². The van der Waals surface area contributed by atoms with Gasteiger partial charge in [0.05, 0.1) is 5.56 Å². The Labute approximate surface area is 155 Å². The summed E-state index contributed by atoms with van der Waals surface area (Å²) >= 11 is 0. The molecular formula is C20H18F2N4O. The van der Waals surface area contributed by atoms with E-state index in [1.165, 1.54) is 24.3 Å². The molecule has 5 nitrogen and oxygen atoms in total. The normalized spacial score (nSPS) is 13.6. The third kappa shape index (κ3) is 3.86. The smallest absolute Gasteiger partial charge is 0.254 e. The van der Waals surface area contributed by atoms with Gasteiger partial charge in [0.25, 0.3) is 5.91 Å². The van der Waals surface area contributed by atoms with E-state index in [9.17, 15) is 13.6 Å². The van der Waals surface area contributed by atoms with Crippen molar-refractivity contribution in [2.75, 3.05) is 6.54 Å². The number of hydrogen-bond acceptors (Lipinski definition) is 3. The third-order valence-electron chi connectivity index (χ3n) is 4.62. The summed E-state index contributed by atoms with van der Waals surface area (Å²) in [5.74, 6) is -0.0246. The van der Waals surface area contributed by atoms with E-state index in [1.807, 2.05) is 4.57 Å². The van der Waals surface area contributed by atoms with E-state index < -0.39 is 11.7 Å². The molecule has 0 unspecified atom stereocenters. The number of carbonyl (C=O) groups is 1. The highest BCUT2D eigenvalue weighted by molar-refractivity contribution is 5.95. The molecule has 0 bridgehead atoms. The van der Waals surface area contributed by atoms with Crippen LogP contribution in [0.1, 0.15) is 34.9 Å². The summed E-state index contributed by atoms with van der Waals surface area (Å²) in [6.07, 6.45) is 3.89. The maximum Gasteiger partial charge on any atom is 0.254 e. The van der Waals surface area contributed by atoms with E-state index in [4.69, 9.17) is 0 Å². The maximum absolute atomic E-state index is 14.4. The van der Waals surface area contributed by atoms with Crippen LogP contribution in [-0.4, -0.2) is 27.2 Å². The first-order valence-corrected chi connectivity index (χ1v) is 8.83. The number of nitrogens with one attached hydrogen (secondary N) is 1. The summed E-state index contributed by atoms with van der Waals surface area (Å²) in [6, 6.07) is 10.1. The minimum absolute atomic E-state index is 0.0213. The molecule has 1 saturated carbocycles. The lowest BCUT2D eigenvalue weighted by molar-refractivity contribution is 0.0948. The summed E-state index contributed by atoms with van der Waals surface area (Å²) in [6.45, 7) is 0.898. The van der Waals surface area contributed by atoms with Crippen LogP contribution in [0.25, 0.3) is 11.1 Å². The Kier molecular flexibility index (Phi) is 4.66. The van der Waals surface area contributed by atoms with Gasteiger partial charge in [-0.15, -0.1) is 10.2 Å². The van der Waals surface area contributed by atoms with Crippen LogP contribution in [0, 0.1) is 11.6 Å². The highest BCUT2D eigenvalue weighted by atomic mass is 19.1. The van der Waals surface area contributed by atoms with Crippen molar-refractivity contribution in [1.82, 2.24) is 20.1 Å². The molecule has 1 fully saturated rings. The first-order chi connectivity index (χ1) is 13.1. The van der Waals surface area contributed by atoms with E-state index in [-0.39, 0.29) is 11.4 Å². The molecule has 4 rings (SSSR count). The van der Waals surface area contributed by atoms with Gasteiger partial charge in [0, 0.05) is 19.0 Å². The minimum Gasteiger partial charge on any atom is -0.350 e. The molecule has 1 amide bonds. The second kappa shape index (κ2) is 7.26. The molecule has 27 heavy (non-hydrogen) atoms. The van der Waals surface area contributed by atoms with Crippen LogP contribution in [-0.2, 0) is 6.54 Å².